The van der Waals surface area contributed by atoms with E-state index in [9.17, 15) is 9.18 Å². The van der Waals surface area contributed by atoms with Crippen LogP contribution in [0.25, 0.3) is 11.6 Å². The summed E-state index contributed by atoms with van der Waals surface area (Å²) >= 11 is 0. The maximum absolute atomic E-state index is 13.1. The minimum absolute atomic E-state index is 0.0414. The van der Waals surface area contributed by atoms with Crippen molar-refractivity contribution in [2.75, 3.05) is 0 Å². The third-order valence-electron chi connectivity index (χ3n) is 3.99. The van der Waals surface area contributed by atoms with E-state index in [1.54, 1.807) is 23.6 Å². The van der Waals surface area contributed by atoms with E-state index in [1.165, 1.54) is 30.3 Å². The minimum Gasteiger partial charge on any atom is -0.313 e. The first kappa shape index (κ1) is 16.2. The van der Waals surface area contributed by atoms with Crippen LogP contribution >= 0.6 is 0 Å². The highest BCUT2D eigenvalue weighted by molar-refractivity contribution is 6.10. The van der Waals surface area contributed by atoms with Gasteiger partial charge in [-0.3, -0.25) is 4.79 Å². The summed E-state index contributed by atoms with van der Waals surface area (Å²) in [5.74, 6) is -0.668. The summed E-state index contributed by atoms with van der Waals surface area (Å²) in [7, 11) is 0. The Morgan fingerprint density at radius 1 is 1.12 bits per heavy atom. The number of hydrogen-bond donors (Lipinski definition) is 0. The number of pyridine rings is 1. The molecule has 3 aromatic rings. The standard InChI is InChI=1S/C20H12FN3O/c1-13-17(10-14(11-22)12-23)18-4-2-3-9-24(18)19(13)20(25)15-5-7-16(21)8-6-15/h2-10H,1H3. The van der Waals surface area contributed by atoms with Crippen LogP contribution in [0.2, 0.25) is 0 Å². The summed E-state index contributed by atoms with van der Waals surface area (Å²) in [6.45, 7) is 1.77. The highest BCUT2D eigenvalue weighted by Crippen LogP contribution is 2.27. The molecule has 120 valence electrons. The molecule has 4 nitrogen and oxygen atoms in total. The van der Waals surface area contributed by atoms with Gasteiger partial charge < -0.3 is 4.40 Å². The fourth-order valence-corrected chi connectivity index (χ4v) is 2.79. The molecule has 0 atom stereocenters. The number of halogens is 1. The number of ketones is 1. The topological polar surface area (TPSA) is 69.1 Å². The van der Waals surface area contributed by atoms with Crippen LogP contribution in [0.5, 0.6) is 0 Å². The number of carbonyl (C=O) groups is 1. The molecule has 0 fully saturated rings. The third-order valence-corrected chi connectivity index (χ3v) is 3.99. The molecule has 3 rings (SSSR count). The average Bonchev–Trinajstić information content (AvgIpc) is 2.91. The third kappa shape index (κ3) is 2.80. The van der Waals surface area contributed by atoms with Crippen molar-refractivity contribution in [2.24, 2.45) is 0 Å². The Balaban J connectivity index is 2.27. The number of nitrogens with zero attached hydrogens (tertiary/aromatic N) is 3. The first-order valence-electron chi connectivity index (χ1n) is 7.48. The molecular weight excluding hydrogens is 317 g/mol. The van der Waals surface area contributed by atoms with E-state index in [4.69, 9.17) is 10.5 Å². The van der Waals surface area contributed by atoms with Gasteiger partial charge in [-0.05, 0) is 55.0 Å². The van der Waals surface area contributed by atoms with Crippen LogP contribution in [-0.4, -0.2) is 10.2 Å². The van der Waals surface area contributed by atoms with Gasteiger partial charge >= 0.3 is 0 Å². The molecule has 0 aliphatic rings. The van der Waals surface area contributed by atoms with Crippen LogP contribution in [0.3, 0.4) is 0 Å². The summed E-state index contributed by atoms with van der Waals surface area (Å²) < 4.78 is 14.8. The molecule has 0 spiro atoms. The molecule has 0 aliphatic carbocycles. The summed E-state index contributed by atoms with van der Waals surface area (Å²) in [5.41, 5.74) is 2.76. The molecule has 0 unspecified atom stereocenters. The fraction of sp³-hybridized carbons (Fsp3) is 0.0500. The molecule has 5 heteroatoms. The molecular formula is C20H12FN3O. The van der Waals surface area contributed by atoms with Gasteiger partial charge in [-0.2, -0.15) is 10.5 Å². The second-order valence-corrected chi connectivity index (χ2v) is 5.46. The number of fused-ring (bicyclic) bond motifs is 1. The molecule has 0 bridgehead atoms. The van der Waals surface area contributed by atoms with E-state index in [0.717, 1.165) is 0 Å². The van der Waals surface area contributed by atoms with Crippen molar-refractivity contribution in [3.63, 3.8) is 0 Å². The van der Waals surface area contributed by atoms with Crippen LogP contribution in [-0.2, 0) is 0 Å². The Morgan fingerprint density at radius 3 is 2.44 bits per heavy atom. The predicted molar refractivity (Wildman–Crippen MR) is 91.2 cm³/mol. The second-order valence-electron chi connectivity index (χ2n) is 5.46. The second kappa shape index (κ2) is 6.43. The zero-order valence-electron chi connectivity index (χ0n) is 13.3. The van der Waals surface area contributed by atoms with Crippen LogP contribution in [0.4, 0.5) is 4.39 Å². The largest absolute Gasteiger partial charge is 0.313 e. The average molecular weight is 329 g/mol. The van der Waals surface area contributed by atoms with Gasteiger partial charge in [-0.1, -0.05) is 6.07 Å². The lowest BCUT2D eigenvalue weighted by molar-refractivity contribution is 0.103. The van der Waals surface area contributed by atoms with Crippen LogP contribution in [0, 0.1) is 35.4 Å². The highest BCUT2D eigenvalue weighted by Gasteiger charge is 2.21. The lowest BCUT2D eigenvalue weighted by Crippen LogP contribution is -2.06. The van der Waals surface area contributed by atoms with E-state index < -0.39 is 5.82 Å². The van der Waals surface area contributed by atoms with Crippen molar-refractivity contribution < 1.29 is 9.18 Å². The number of nitriles is 2. The van der Waals surface area contributed by atoms with Gasteiger partial charge in [0.05, 0.1) is 11.2 Å². The van der Waals surface area contributed by atoms with Crippen molar-refractivity contribution in [3.05, 3.63) is 82.4 Å². The molecule has 0 N–H and O–H groups in total. The maximum Gasteiger partial charge on any atom is 0.210 e. The minimum atomic E-state index is -0.412. The summed E-state index contributed by atoms with van der Waals surface area (Å²) in [6, 6.07) is 14.4. The predicted octanol–water partition coefficient (Wildman–Crippen LogP) is 4.05. The van der Waals surface area contributed by atoms with Gasteiger partial charge in [-0.25, -0.2) is 4.39 Å². The molecule has 0 saturated carbocycles. The number of benzene rings is 1. The molecule has 0 amide bonds. The Morgan fingerprint density at radius 2 is 1.80 bits per heavy atom. The zero-order chi connectivity index (χ0) is 18.0. The van der Waals surface area contributed by atoms with Gasteiger partial charge in [0.2, 0.25) is 5.78 Å². The van der Waals surface area contributed by atoms with E-state index in [1.807, 2.05) is 24.3 Å². The quantitative estimate of drug-likeness (QED) is 0.538. The van der Waals surface area contributed by atoms with Crippen molar-refractivity contribution in [1.82, 2.24) is 4.40 Å². The first-order valence-corrected chi connectivity index (χ1v) is 7.48. The smallest absolute Gasteiger partial charge is 0.210 e. The number of allylic oxidation sites excluding steroid dienone is 1. The molecule has 1 aromatic carbocycles. The van der Waals surface area contributed by atoms with Gasteiger partial charge in [0.1, 0.15) is 23.5 Å². The van der Waals surface area contributed by atoms with Gasteiger partial charge in [0.25, 0.3) is 0 Å². The Kier molecular flexibility index (Phi) is 4.16. The van der Waals surface area contributed by atoms with E-state index in [2.05, 4.69) is 0 Å². The summed E-state index contributed by atoms with van der Waals surface area (Å²) in [4.78, 5) is 12.9. The Bertz CT molecular complexity index is 1080. The van der Waals surface area contributed by atoms with Gasteiger partial charge in [0.15, 0.2) is 0 Å². The summed E-state index contributed by atoms with van der Waals surface area (Å²) in [5, 5.41) is 18.0. The molecule has 25 heavy (non-hydrogen) atoms. The van der Waals surface area contributed by atoms with Gasteiger partial charge in [0, 0.05) is 17.3 Å². The molecule has 0 radical (unpaired) electrons. The molecule has 0 saturated heterocycles. The van der Waals surface area contributed by atoms with Gasteiger partial charge in [-0.15, -0.1) is 0 Å². The molecule has 0 aliphatic heterocycles. The molecule has 2 heterocycles. The number of aromatic nitrogens is 1. The van der Waals surface area contributed by atoms with E-state index in [0.29, 0.717) is 27.9 Å². The van der Waals surface area contributed by atoms with Crippen molar-refractivity contribution in [2.45, 2.75) is 6.92 Å². The van der Waals surface area contributed by atoms with Crippen LogP contribution < -0.4 is 0 Å². The maximum atomic E-state index is 13.1. The monoisotopic (exact) mass is 329 g/mol. The number of rotatable bonds is 3. The normalized spacial score (nSPS) is 10.1. The van der Waals surface area contributed by atoms with Crippen LogP contribution in [0.15, 0.2) is 54.2 Å². The zero-order valence-corrected chi connectivity index (χ0v) is 13.3. The highest BCUT2D eigenvalue weighted by atomic mass is 19.1. The van der Waals surface area contributed by atoms with E-state index >= 15 is 0 Å². The fourth-order valence-electron chi connectivity index (χ4n) is 2.79. The lowest BCUT2D eigenvalue weighted by atomic mass is 10.0. The number of hydrogen-bond acceptors (Lipinski definition) is 3. The Hall–Kier alpha value is -3.70. The van der Waals surface area contributed by atoms with E-state index in [-0.39, 0.29) is 11.4 Å². The SMILES string of the molecule is Cc1c(C=C(C#N)C#N)c2ccccn2c1C(=O)c1ccc(F)cc1. The first-order chi connectivity index (χ1) is 12.1. The lowest BCUT2D eigenvalue weighted by Gasteiger charge is -2.04. The Labute approximate surface area is 143 Å². The van der Waals surface area contributed by atoms with Crippen molar-refractivity contribution in [3.8, 4) is 12.1 Å². The number of carbonyl (C=O) groups excluding carboxylic acids is 1. The van der Waals surface area contributed by atoms with Crippen LogP contribution in [0.1, 0.15) is 27.2 Å². The summed E-state index contributed by atoms with van der Waals surface area (Å²) in [6.07, 6.45) is 3.22. The van der Waals surface area contributed by atoms with Crippen molar-refractivity contribution in [1.29, 1.82) is 10.5 Å². The molecule has 2 aromatic heterocycles. The van der Waals surface area contributed by atoms with Crippen molar-refractivity contribution >= 4 is 17.4 Å².